The number of ether oxygens (including phenoxy) is 2. The molecular formula is C23H31N10O12P. The number of imidazole rings is 2. The molecule has 4 aromatic rings. The second-order valence-corrected chi connectivity index (χ2v) is 12.6. The monoisotopic (exact) mass is 670 g/mol. The van der Waals surface area contributed by atoms with Crippen molar-refractivity contribution in [2.45, 2.75) is 55.5 Å². The molecule has 250 valence electrons. The van der Waals surface area contributed by atoms with E-state index >= 15 is 0 Å². The fourth-order valence-electron chi connectivity index (χ4n) is 5.42. The van der Waals surface area contributed by atoms with E-state index in [0.29, 0.717) is 0 Å². The van der Waals surface area contributed by atoms with Gasteiger partial charge in [-0.3, -0.25) is 37.7 Å². The molecule has 2 aliphatic heterocycles. The van der Waals surface area contributed by atoms with Crippen LogP contribution in [0.15, 0.2) is 22.2 Å². The highest BCUT2D eigenvalue weighted by Gasteiger charge is 2.57. The van der Waals surface area contributed by atoms with Crippen molar-refractivity contribution in [2.24, 2.45) is 0 Å². The molecule has 1 unspecified atom stereocenters. The Morgan fingerprint density at radius 2 is 1.67 bits per heavy atom. The lowest BCUT2D eigenvalue weighted by Gasteiger charge is -2.31. The Morgan fingerprint density at radius 1 is 1.04 bits per heavy atom. The highest BCUT2D eigenvalue weighted by atomic mass is 31.2. The molecule has 0 aromatic carbocycles. The molecule has 9 atom stereocenters. The van der Waals surface area contributed by atoms with Crippen LogP contribution in [-0.4, -0.2) is 128 Å². The number of H-pyrrole nitrogens is 2. The molecule has 4 aromatic heterocycles. The first-order valence-corrected chi connectivity index (χ1v) is 15.1. The topological polar surface area (TPSA) is 312 Å². The van der Waals surface area contributed by atoms with Gasteiger partial charge in [0.25, 0.3) is 11.1 Å². The van der Waals surface area contributed by atoms with E-state index in [1.807, 2.05) is 0 Å². The van der Waals surface area contributed by atoms with Crippen molar-refractivity contribution in [2.75, 3.05) is 37.9 Å². The number of nitrogen functional groups attached to an aromatic ring is 1. The molecule has 0 spiro atoms. The van der Waals surface area contributed by atoms with Crippen molar-refractivity contribution in [3.05, 3.63) is 33.4 Å². The fraction of sp³-hybridized carbons (Fsp3) is 0.565. The number of anilines is 2. The normalized spacial score (nSPS) is 31.2. The number of nitrogens with one attached hydrogen (secondary N) is 2. The van der Waals surface area contributed by atoms with Gasteiger partial charge in [-0.15, -0.1) is 0 Å². The van der Waals surface area contributed by atoms with Gasteiger partial charge in [-0.1, -0.05) is 0 Å². The number of aliphatic hydroxyl groups is 4. The summed E-state index contributed by atoms with van der Waals surface area (Å²) in [5.74, 6) is -0.0548. The highest BCUT2D eigenvalue weighted by molar-refractivity contribution is 7.47. The predicted molar refractivity (Wildman–Crippen MR) is 153 cm³/mol. The smallest absolute Gasteiger partial charge is 0.394 e. The molecule has 2 saturated heterocycles. The zero-order valence-corrected chi connectivity index (χ0v) is 25.3. The number of rotatable bonds is 9. The van der Waals surface area contributed by atoms with Crippen LogP contribution in [0.2, 0.25) is 0 Å². The van der Waals surface area contributed by atoms with Crippen molar-refractivity contribution >= 4 is 42.0 Å². The average molecular weight is 671 g/mol. The Morgan fingerprint density at radius 3 is 2.33 bits per heavy atom. The second kappa shape index (κ2) is 11.5. The standard InChI is InChI=1S/C23H31N10O12P/c1-23(39)14(8(4-34)44-20(23)33-7-26-11-16(33)28-22(31(2)3)30-18(11)38)45-46(40,41)42-5-9-12(35)13(36)19(43-9)32-6-25-10-15(32)27-21(24)29-17(10)37/h6-9,12-14,19-20,34-36,39H,4-5H2,1-3H3,(H,40,41)(H,28,30,38)(H3,24,27,29,37)/t8-,9-,12-,13-,14-,19-,20-,23-/m1/s1. The van der Waals surface area contributed by atoms with E-state index in [2.05, 4.69) is 29.9 Å². The number of nitrogens with two attached hydrogens (primary N) is 1. The predicted octanol–water partition coefficient (Wildman–Crippen LogP) is -3.34. The lowest BCUT2D eigenvalue weighted by molar-refractivity contribution is -0.0959. The number of aliphatic hydroxyl groups excluding tert-OH is 3. The number of phosphoric acid groups is 1. The van der Waals surface area contributed by atoms with Gasteiger partial charge in [-0.2, -0.15) is 9.97 Å². The van der Waals surface area contributed by atoms with Crippen molar-refractivity contribution < 1.29 is 48.4 Å². The van der Waals surface area contributed by atoms with Gasteiger partial charge < -0.3 is 45.4 Å². The molecule has 22 nitrogen and oxygen atoms in total. The van der Waals surface area contributed by atoms with Crippen LogP contribution < -0.4 is 21.8 Å². The molecule has 2 fully saturated rings. The first-order chi connectivity index (χ1) is 21.6. The van der Waals surface area contributed by atoms with Crippen LogP contribution in [0, 0.1) is 0 Å². The van der Waals surface area contributed by atoms with Crippen molar-refractivity contribution in [1.29, 1.82) is 0 Å². The quantitative estimate of drug-likeness (QED) is 0.0807. The number of phosphoric ester groups is 1. The molecule has 23 heteroatoms. The zero-order chi connectivity index (χ0) is 33.3. The van der Waals surface area contributed by atoms with E-state index in [9.17, 15) is 39.5 Å². The van der Waals surface area contributed by atoms with Crippen LogP contribution in [-0.2, 0) is 23.1 Å². The van der Waals surface area contributed by atoms with Gasteiger partial charge >= 0.3 is 7.82 Å². The van der Waals surface area contributed by atoms with Crippen molar-refractivity contribution in [1.82, 2.24) is 39.0 Å². The molecule has 2 aliphatic rings. The summed E-state index contributed by atoms with van der Waals surface area (Å²) in [6.45, 7) is -0.337. The van der Waals surface area contributed by atoms with Gasteiger partial charge in [0, 0.05) is 14.1 Å². The first kappa shape index (κ1) is 32.1. The minimum Gasteiger partial charge on any atom is -0.394 e. The molecule has 6 heterocycles. The maximum Gasteiger partial charge on any atom is 0.472 e. The Balaban J connectivity index is 1.19. The molecule has 46 heavy (non-hydrogen) atoms. The summed E-state index contributed by atoms with van der Waals surface area (Å²) < 4.78 is 37.3. The maximum atomic E-state index is 13.1. The van der Waals surface area contributed by atoms with E-state index < -0.39 is 80.7 Å². The number of fused-ring (bicyclic) bond motifs is 2. The van der Waals surface area contributed by atoms with Gasteiger partial charge in [0.2, 0.25) is 11.9 Å². The Kier molecular flexibility index (Phi) is 8.00. The van der Waals surface area contributed by atoms with Crippen LogP contribution in [0.5, 0.6) is 0 Å². The molecule has 0 amide bonds. The summed E-state index contributed by atoms with van der Waals surface area (Å²) >= 11 is 0. The summed E-state index contributed by atoms with van der Waals surface area (Å²) in [6, 6.07) is 0. The largest absolute Gasteiger partial charge is 0.472 e. The van der Waals surface area contributed by atoms with E-state index in [0.717, 1.165) is 10.9 Å². The van der Waals surface area contributed by atoms with Crippen molar-refractivity contribution in [3.8, 4) is 0 Å². The summed E-state index contributed by atoms with van der Waals surface area (Å²) in [7, 11) is -1.82. The molecule has 0 aliphatic carbocycles. The second-order valence-electron chi connectivity index (χ2n) is 11.2. The number of nitrogens with zero attached hydrogens (tertiary/aromatic N) is 7. The SMILES string of the molecule is CN(C)c1nc2c(ncn2[C@@H]2O[C@H](CO)[C@@H](OP(=O)(O)OC[C@H]3O[C@@H](n4cnc5c(=O)[nH]c(N)nc54)[C@H](O)[C@@H]3O)[C@@]2(C)O)c(=O)[nH]1. The van der Waals surface area contributed by atoms with Crippen LogP contribution in [0.4, 0.5) is 11.9 Å². The third-order valence-electron chi connectivity index (χ3n) is 7.70. The highest BCUT2D eigenvalue weighted by Crippen LogP contribution is 2.52. The zero-order valence-electron chi connectivity index (χ0n) is 24.4. The Labute approximate surface area is 256 Å². The number of hydrogen-bond donors (Lipinski definition) is 8. The minimum absolute atomic E-state index is 0.0205. The van der Waals surface area contributed by atoms with Gasteiger partial charge in [0.1, 0.15) is 36.1 Å². The number of aromatic amines is 2. The number of aromatic nitrogens is 8. The maximum absolute atomic E-state index is 13.1. The van der Waals surface area contributed by atoms with Gasteiger partial charge in [-0.05, 0) is 6.92 Å². The van der Waals surface area contributed by atoms with E-state index in [4.69, 9.17) is 24.3 Å². The third kappa shape index (κ3) is 5.37. The van der Waals surface area contributed by atoms with E-state index in [1.165, 1.54) is 22.7 Å². The summed E-state index contributed by atoms with van der Waals surface area (Å²) in [5.41, 5.74) is 2.05. The Bertz CT molecular complexity index is 1940. The third-order valence-corrected chi connectivity index (χ3v) is 8.67. The first-order valence-electron chi connectivity index (χ1n) is 13.7. The molecule has 0 radical (unpaired) electrons. The average Bonchev–Trinajstić information content (AvgIpc) is 3.72. The molecule has 0 bridgehead atoms. The minimum atomic E-state index is -5.10. The lowest BCUT2D eigenvalue weighted by Crippen LogP contribution is -2.45. The lowest BCUT2D eigenvalue weighted by atomic mass is 9.96. The van der Waals surface area contributed by atoms with Crippen molar-refractivity contribution in [3.63, 3.8) is 0 Å². The van der Waals surface area contributed by atoms with E-state index in [1.54, 1.807) is 14.1 Å². The van der Waals surface area contributed by atoms with Gasteiger partial charge in [0.15, 0.2) is 34.8 Å². The molecule has 6 rings (SSSR count). The van der Waals surface area contributed by atoms with Crippen LogP contribution in [0.3, 0.4) is 0 Å². The summed E-state index contributed by atoms with van der Waals surface area (Å²) in [6.07, 6.45) is -8.12. The van der Waals surface area contributed by atoms with Gasteiger partial charge in [-0.25, -0.2) is 14.5 Å². The van der Waals surface area contributed by atoms with Gasteiger partial charge in [0.05, 0.1) is 25.9 Å². The summed E-state index contributed by atoms with van der Waals surface area (Å²) in [5, 5.41) is 42.8. The van der Waals surface area contributed by atoms with Crippen LogP contribution in [0.1, 0.15) is 19.4 Å². The number of hydrogen-bond acceptors (Lipinski definition) is 17. The fourth-order valence-corrected chi connectivity index (χ4v) is 6.45. The molecule has 0 saturated carbocycles. The van der Waals surface area contributed by atoms with Crippen LogP contribution >= 0.6 is 7.82 Å². The summed E-state index contributed by atoms with van der Waals surface area (Å²) in [4.78, 5) is 57.9. The molecular weight excluding hydrogens is 639 g/mol. The Hall–Kier alpha value is -3.83. The van der Waals surface area contributed by atoms with Crippen LogP contribution in [0.25, 0.3) is 22.3 Å². The molecule has 9 N–H and O–H groups in total. The van der Waals surface area contributed by atoms with E-state index in [-0.39, 0.29) is 34.2 Å².